The Morgan fingerprint density at radius 2 is 2.00 bits per heavy atom. The van der Waals surface area contributed by atoms with Gasteiger partial charge in [-0.25, -0.2) is 4.98 Å². The number of nitrogens with zero attached hydrogens (tertiary/aromatic N) is 2. The van der Waals surface area contributed by atoms with Crippen LogP contribution in [-0.4, -0.2) is 42.5 Å². The van der Waals surface area contributed by atoms with E-state index < -0.39 is 0 Å². The summed E-state index contributed by atoms with van der Waals surface area (Å²) >= 11 is 1.55. The van der Waals surface area contributed by atoms with Crippen molar-refractivity contribution >= 4 is 17.2 Å². The molecule has 1 fully saturated rings. The van der Waals surface area contributed by atoms with Crippen LogP contribution in [0, 0.1) is 12.8 Å². The van der Waals surface area contributed by atoms with Gasteiger partial charge in [0.2, 0.25) is 0 Å². The third kappa shape index (κ3) is 4.02. The Morgan fingerprint density at radius 3 is 2.67 bits per heavy atom. The Morgan fingerprint density at radius 1 is 1.29 bits per heavy atom. The molecule has 4 nitrogen and oxygen atoms in total. The molecule has 5 heteroatoms. The van der Waals surface area contributed by atoms with Crippen LogP contribution in [0.2, 0.25) is 0 Å². The van der Waals surface area contributed by atoms with E-state index in [0.717, 1.165) is 49.0 Å². The maximum absolute atomic E-state index is 12.7. The second kappa shape index (κ2) is 7.90. The average Bonchev–Trinajstić information content (AvgIpc) is 3.10. The maximum Gasteiger partial charge on any atom is 0.273 e. The van der Waals surface area contributed by atoms with Gasteiger partial charge in [-0.1, -0.05) is 29.8 Å². The minimum absolute atomic E-state index is 0.0803. The Balaban J connectivity index is 1.61. The molecule has 0 unspecified atom stereocenters. The SMILES string of the molecule is CNCCC1CCN(C(=O)c2csc(-c3ccc(C)cc3)n2)CC1. The lowest BCUT2D eigenvalue weighted by Gasteiger charge is -2.31. The highest BCUT2D eigenvalue weighted by molar-refractivity contribution is 7.13. The normalized spacial score (nSPS) is 15.7. The average molecular weight is 343 g/mol. The molecule has 2 aromatic rings. The van der Waals surface area contributed by atoms with Crippen LogP contribution in [0.4, 0.5) is 0 Å². The van der Waals surface area contributed by atoms with E-state index in [1.165, 1.54) is 12.0 Å². The van der Waals surface area contributed by atoms with E-state index in [2.05, 4.69) is 41.5 Å². The Bertz CT molecular complexity index is 672. The molecule has 0 aliphatic carbocycles. The van der Waals surface area contributed by atoms with E-state index >= 15 is 0 Å². The second-order valence-corrected chi connectivity index (χ2v) is 7.39. The Kier molecular flexibility index (Phi) is 5.63. The predicted molar refractivity (Wildman–Crippen MR) is 99.5 cm³/mol. The summed E-state index contributed by atoms with van der Waals surface area (Å²) in [5.41, 5.74) is 2.90. The molecule has 2 heterocycles. The van der Waals surface area contributed by atoms with E-state index in [1.807, 2.05) is 17.3 Å². The Hall–Kier alpha value is -1.72. The molecule has 24 heavy (non-hydrogen) atoms. The lowest BCUT2D eigenvalue weighted by atomic mass is 9.93. The van der Waals surface area contributed by atoms with Gasteiger partial charge in [-0.3, -0.25) is 4.79 Å². The van der Waals surface area contributed by atoms with Crippen molar-refractivity contribution in [3.63, 3.8) is 0 Å². The van der Waals surface area contributed by atoms with E-state index in [-0.39, 0.29) is 5.91 Å². The second-order valence-electron chi connectivity index (χ2n) is 6.53. The van der Waals surface area contributed by atoms with Crippen molar-refractivity contribution in [2.75, 3.05) is 26.7 Å². The summed E-state index contributed by atoms with van der Waals surface area (Å²) in [6.07, 6.45) is 3.40. The molecule has 128 valence electrons. The molecular weight excluding hydrogens is 318 g/mol. The topological polar surface area (TPSA) is 45.2 Å². The van der Waals surface area contributed by atoms with Crippen molar-refractivity contribution < 1.29 is 4.79 Å². The first kappa shape index (κ1) is 17.1. The van der Waals surface area contributed by atoms with Gasteiger partial charge in [0.25, 0.3) is 5.91 Å². The third-order valence-electron chi connectivity index (χ3n) is 4.73. The summed E-state index contributed by atoms with van der Waals surface area (Å²) in [5.74, 6) is 0.816. The van der Waals surface area contributed by atoms with Crippen molar-refractivity contribution in [3.05, 3.63) is 40.9 Å². The number of benzene rings is 1. The van der Waals surface area contributed by atoms with Crippen LogP contribution in [0.5, 0.6) is 0 Å². The number of amides is 1. The summed E-state index contributed by atoms with van der Waals surface area (Å²) < 4.78 is 0. The van der Waals surface area contributed by atoms with Crippen LogP contribution < -0.4 is 5.32 Å². The van der Waals surface area contributed by atoms with Gasteiger partial charge >= 0.3 is 0 Å². The van der Waals surface area contributed by atoms with Crippen LogP contribution in [0.15, 0.2) is 29.6 Å². The molecule has 0 radical (unpaired) electrons. The molecule has 1 N–H and O–H groups in total. The number of hydrogen-bond acceptors (Lipinski definition) is 4. The van der Waals surface area contributed by atoms with Crippen LogP contribution in [-0.2, 0) is 0 Å². The van der Waals surface area contributed by atoms with Crippen LogP contribution in [0.25, 0.3) is 10.6 Å². The number of carbonyl (C=O) groups is 1. The van der Waals surface area contributed by atoms with Gasteiger partial charge in [0.05, 0.1) is 0 Å². The van der Waals surface area contributed by atoms with Gasteiger partial charge in [-0.15, -0.1) is 11.3 Å². The fraction of sp³-hybridized carbons (Fsp3) is 0.474. The highest BCUT2D eigenvalue weighted by Crippen LogP contribution is 2.26. The highest BCUT2D eigenvalue weighted by atomic mass is 32.1. The zero-order chi connectivity index (χ0) is 16.9. The molecule has 0 spiro atoms. The van der Waals surface area contributed by atoms with E-state index in [0.29, 0.717) is 5.69 Å². The number of aromatic nitrogens is 1. The largest absolute Gasteiger partial charge is 0.337 e. The number of hydrogen-bond donors (Lipinski definition) is 1. The quantitative estimate of drug-likeness (QED) is 0.902. The molecule has 0 saturated carbocycles. The van der Waals surface area contributed by atoms with Crippen LogP contribution >= 0.6 is 11.3 Å². The number of piperidine rings is 1. The zero-order valence-electron chi connectivity index (χ0n) is 14.4. The van der Waals surface area contributed by atoms with Gasteiger partial charge < -0.3 is 10.2 Å². The first-order chi connectivity index (χ1) is 11.7. The minimum atomic E-state index is 0.0803. The third-order valence-corrected chi connectivity index (χ3v) is 5.62. The fourth-order valence-electron chi connectivity index (χ4n) is 3.14. The highest BCUT2D eigenvalue weighted by Gasteiger charge is 2.24. The zero-order valence-corrected chi connectivity index (χ0v) is 15.2. The van der Waals surface area contributed by atoms with Crippen molar-refractivity contribution in [2.45, 2.75) is 26.2 Å². The number of aryl methyl sites for hydroxylation is 1. The monoisotopic (exact) mass is 343 g/mol. The molecule has 1 amide bonds. The lowest BCUT2D eigenvalue weighted by molar-refractivity contribution is 0.0682. The minimum Gasteiger partial charge on any atom is -0.337 e. The van der Waals surface area contributed by atoms with Gasteiger partial charge in [0.1, 0.15) is 10.7 Å². The van der Waals surface area contributed by atoms with Crippen molar-refractivity contribution in [2.24, 2.45) is 5.92 Å². The number of thiazole rings is 1. The number of likely N-dealkylation sites (tertiary alicyclic amines) is 1. The lowest BCUT2D eigenvalue weighted by Crippen LogP contribution is -2.39. The van der Waals surface area contributed by atoms with Gasteiger partial charge in [0, 0.05) is 24.0 Å². The predicted octanol–water partition coefficient (Wildman–Crippen LogP) is 3.58. The molecule has 1 aliphatic rings. The number of carbonyl (C=O) groups excluding carboxylic acids is 1. The van der Waals surface area contributed by atoms with E-state index in [1.54, 1.807) is 11.3 Å². The summed E-state index contributed by atoms with van der Waals surface area (Å²) in [6, 6.07) is 8.29. The Labute approximate surface area is 147 Å². The number of rotatable bonds is 5. The molecule has 1 aromatic heterocycles. The fourth-order valence-corrected chi connectivity index (χ4v) is 3.94. The molecule has 0 atom stereocenters. The summed E-state index contributed by atoms with van der Waals surface area (Å²) in [5, 5.41) is 6.02. The number of nitrogens with one attached hydrogen (secondary N) is 1. The standard InChI is InChI=1S/C19H25N3OS/c1-14-3-5-16(6-4-14)18-21-17(13-24-18)19(23)22-11-8-15(9-12-22)7-10-20-2/h3-6,13,15,20H,7-12H2,1-2H3. The first-order valence-corrected chi connectivity index (χ1v) is 9.52. The molecule has 1 saturated heterocycles. The summed E-state index contributed by atoms with van der Waals surface area (Å²) in [4.78, 5) is 19.2. The molecule has 0 bridgehead atoms. The van der Waals surface area contributed by atoms with E-state index in [9.17, 15) is 4.79 Å². The molecular formula is C19H25N3OS. The maximum atomic E-state index is 12.7. The smallest absolute Gasteiger partial charge is 0.273 e. The van der Waals surface area contributed by atoms with Gasteiger partial charge in [0.15, 0.2) is 0 Å². The first-order valence-electron chi connectivity index (χ1n) is 8.64. The van der Waals surface area contributed by atoms with Crippen molar-refractivity contribution in [3.8, 4) is 10.6 Å². The van der Waals surface area contributed by atoms with Crippen molar-refractivity contribution in [1.29, 1.82) is 0 Å². The van der Waals surface area contributed by atoms with Crippen LogP contribution in [0.1, 0.15) is 35.3 Å². The van der Waals surface area contributed by atoms with E-state index in [4.69, 9.17) is 0 Å². The molecule has 1 aliphatic heterocycles. The summed E-state index contributed by atoms with van der Waals surface area (Å²) in [6.45, 7) is 4.83. The van der Waals surface area contributed by atoms with Gasteiger partial charge in [-0.05, 0) is 45.7 Å². The van der Waals surface area contributed by atoms with Gasteiger partial charge in [-0.2, -0.15) is 0 Å². The molecule has 3 rings (SSSR count). The van der Waals surface area contributed by atoms with Crippen LogP contribution in [0.3, 0.4) is 0 Å². The van der Waals surface area contributed by atoms with Crippen molar-refractivity contribution in [1.82, 2.24) is 15.2 Å². The molecule has 1 aromatic carbocycles. The summed E-state index contributed by atoms with van der Waals surface area (Å²) in [7, 11) is 1.99.